The maximum absolute atomic E-state index is 14.3. The summed E-state index contributed by atoms with van der Waals surface area (Å²) in [5.41, 5.74) is 7.43. The van der Waals surface area contributed by atoms with Crippen LogP contribution in [0.5, 0.6) is 0 Å². The van der Waals surface area contributed by atoms with Gasteiger partial charge in [-0.25, -0.2) is 19.3 Å². The molecule has 2 aromatic heterocycles. The predicted octanol–water partition coefficient (Wildman–Crippen LogP) is 3.86. The van der Waals surface area contributed by atoms with Crippen molar-refractivity contribution in [2.75, 3.05) is 5.32 Å². The van der Waals surface area contributed by atoms with Gasteiger partial charge >= 0.3 is 0 Å². The number of halogens is 2. The van der Waals surface area contributed by atoms with E-state index in [9.17, 15) is 9.18 Å². The average Bonchev–Trinajstić information content (AvgIpc) is 2.64. The number of pyridine rings is 1. The molecule has 4 rings (SSSR count). The number of rotatable bonds is 5. The third kappa shape index (κ3) is 3.53. The van der Waals surface area contributed by atoms with Gasteiger partial charge in [-0.3, -0.25) is 4.79 Å². The van der Waals surface area contributed by atoms with E-state index in [4.69, 9.17) is 17.3 Å². The van der Waals surface area contributed by atoms with Gasteiger partial charge in [-0.1, -0.05) is 18.0 Å². The van der Waals surface area contributed by atoms with Gasteiger partial charge in [0.25, 0.3) is 5.91 Å². The molecule has 0 radical (unpaired) electrons. The van der Waals surface area contributed by atoms with Crippen LogP contribution in [0.3, 0.4) is 0 Å². The fraction of sp³-hybridized carbons (Fsp3) is 0.200. The molecule has 1 fully saturated rings. The van der Waals surface area contributed by atoms with Gasteiger partial charge in [0, 0.05) is 22.8 Å². The van der Waals surface area contributed by atoms with E-state index in [0.717, 1.165) is 24.8 Å². The van der Waals surface area contributed by atoms with Gasteiger partial charge in [-0.2, -0.15) is 0 Å². The van der Waals surface area contributed by atoms with Crippen molar-refractivity contribution in [1.29, 1.82) is 0 Å². The van der Waals surface area contributed by atoms with Gasteiger partial charge in [0.2, 0.25) is 0 Å². The van der Waals surface area contributed by atoms with Crippen molar-refractivity contribution in [3.63, 3.8) is 0 Å². The first-order chi connectivity index (χ1) is 13.5. The molecular weight excluding hydrogens is 381 g/mol. The number of benzene rings is 1. The van der Waals surface area contributed by atoms with E-state index in [1.807, 2.05) is 0 Å². The molecule has 0 spiro atoms. The maximum Gasteiger partial charge on any atom is 0.256 e. The lowest BCUT2D eigenvalue weighted by Gasteiger charge is -2.27. The van der Waals surface area contributed by atoms with Gasteiger partial charge in [0.15, 0.2) is 18.2 Å². The van der Waals surface area contributed by atoms with E-state index < -0.39 is 11.7 Å². The summed E-state index contributed by atoms with van der Waals surface area (Å²) >= 11 is 6.01. The molecular formula is C20H18ClFN5O+. The Labute approximate surface area is 166 Å². The molecule has 1 aliphatic carbocycles. The molecule has 4 N–H and O–H groups in total. The number of primary amides is 1. The van der Waals surface area contributed by atoms with Crippen LogP contribution in [0.4, 0.5) is 15.9 Å². The Morgan fingerprint density at radius 1 is 1.32 bits per heavy atom. The third-order valence-corrected chi connectivity index (χ3v) is 5.15. The minimum atomic E-state index is -0.570. The van der Waals surface area contributed by atoms with E-state index in [2.05, 4.69) is 20.3 Å². The largest absolute Gasteiger partial charge is 0.365 e. The van der Waals surface area contributed by atoms with Crippen molar-refractivity contribution >= 4 is 29.0 Å². The highest BCUT2D eigenvalue weighted by atomic mass is 35.5. The lowest BCUT2D eigenvalue weighted by atomic mass is 9.80. The number of H-pyrrole nitrogens is 1. The SMILES string of the molecule is NC(=O)c1c[nH+]ccc1Nc1nc(-c2cc(Cl)ccc2F)ncc1C1CCC1. The van der Waals surface area contributed by atoms with Crippen LogP contribution in [0.25, 0.3) is 11.4 Å². The van der Waals surface area contributed by atoms with E-state index in [-0.39, 0.29) is 11.4 Å². The second-order valence-corrected chi connectivity index (χ2v) is 7.15. The number of nitrogens with zero attached hydrogens (tertiary/aromatic N) is 2. The Balaban J connectivity index is 1.80. The van der Waals surface area contributed by atoms with Gasteiger partial charge in [0.05, 0.1) is 11.3 Å². The lowest BCUT2D eigenvalue weighted by molar-refractivity contribution is -0.378. The summed E-state index contributed by atoms with van der Waals surface area (Å²) in [7, 11) is 0. The van der Waals surface area contributed by atoms with Crippen LogP contribution < -0.4 is 16.0 Å². The molecule has 0 saturated heterocycles. The lowest BCUT2D eigenvalue weighted by Crippen LogP contribution is -2.18. The summed E-state index contributed by atoms with van der Waals surface area (Å²) in [6, 6.07) is 5.95. The second kappa shape index (κ2) is 7.52. The minimum Gasteiger partial charge on any atom is -0.365 e. The molecule has 1 aliphatic rings. The summed E-state index contributed by atoms with van der Waals surface area (Å²) in [6.07, 6.45) is 8.13. The Bertz CT molecular complexity index is 1050. The van der Waals surface area contributed by atoms with Crippen molar-refractivity contribution in [2.24, 2.45) is 5.73 Å². The van der Waals surface area contributed by atoms with Crippen molar-refractivity contribution in [1.82, 2.24) is 9.97 Å². The van der Waals surface area contributed by atoms with Crippen molar-refractivity contribution in [3.05, 3.63) is 64.8 Å². The molecule has 1 saturated carbocycles. The zero-order valence-corrected chi connectivity index (χ0v) is 15.6. The normalized spacial score (nSPS) is 13.8. The highest BCUT2D eigenvalue weighted by molar-refractivity contribution is 6.30. The van der Waals surface area contributed by atoms with Crippen LogP contribution in [0, 0.1) is 5.82 Å². The Hall–Kier alpha value is -3.06. The number of hydrogen-bond donors (Lipinski definition) is 2. The molecule has 0 unspecified atom stereocenters. The smallest absolute Gasteiger partial charge is 0.256 e. The van der Waals surface area contributed by atoms with Gasteiger partial charge in [0.1, 0.15) is 17.2 Å². The quantitative estimate of drug-likeness (QED) is 0.682. The third-order valence-electron chi connectivity index (χ3n) is 4.91. The van der Waals surface area contributed by atoms with E-state index in [1.54, 1.807) is 18.5 Å². The molecule has 0 aliphatic heterocycles. The molecule has 1 amide bonds. The van der Waals surface area contributed by atoms with Crippen molar-refractivity contribution in [2.45, 2.75) is 25.2 Å². The summed E-state index contributed by atoms with van der Waals surface area (Å²) in [5.74, 6) is 0.0446. The van der Waals surface area contributed by atoms with Crippen LogP contribution >= 0.6 is 11.6 Å². The zero-order valence-electron chi connectivity index (χ0n) is 14.9. The Morgan fingerprint density at radius 3 is 2.86 bits per heavy atom. The minimum absolute atomic E-state index is 0.215. The van der Waals surface area contributed by atoms with Gasteiger partial charge in [-0.15, -0.1) is 0 Å². The Morgan fingerprint density at radius 2 is 2.14 bits per heavy atom. The second-order valence-electron chi connectivity index (χ2n) is 6.71. The molecule has 0 atom stereocenters. The average molecular weight is 399 g/mol. The van der Waals surface area contributed by atoms with Crippen LogP contribution in [0.1, 0.15) is 41.1 Å². The number of amides is 1. The summed E-state index contributed by atoms with van der Waals surface area (Å²) < 4.78 is 14.3. The maximum atomic E-state index is 14.3. The topological polar surface area (TPSA) is 95.0 Å². The zero-order chi connectivity index (χ0) is 19.7. The molecule has 2 heterocycles. The first-order valence-corrected chi connectivity index (χ1v) is 9.30. The summed E-state index contributed by atoms with van der Waals surface area (Å²) in [5, 5.41) is 3.58. The highest BCUT2D eigenvalue weighted by Gasteiger charge is 2.25. The van der Waals surface area contributed by atoms with Gasteiger partial charge < -0.3 is 11.1 Å². The summed E-state index contributed by atoms with van der Waals surface area (Å²) in [4.78, 5) is 23.5. The monoisotopic (exact) mass is 398 g/mol. The number of carbonyl (C=O) groups is 1. The first-order valence-electron chi connectivity index (χ1n) is 8.92. The number of carbonyl (C=O) groups excluding carboxylic acids is 1. The molecule has 8 heteroatoms. The molecule has 0 bridgehead atoms. The van der Waals surface area contributed by atoms with E-state index in [0.29, 0.717) is 28.0 Å². The number of nitrogens with two attached hydrogens (primary N) is 1. The molecule has 6 nitrogen and oxygen atoms in total. The number of nitrogens with one attached hydrogen (secondary N) is 2. The van der Waals surface area contributed by atoms with Crippen LogP contribution in [0.15, 0.2) is 42.9 Å². The molecule has 1 aromatic carbocycles. The van der Waals surface area contributed by atoms with Crippen LogP contribution in [0.2, 0.25) is 5.02 Å². The highest BCUT2D eigenvalue weighted by Crippen LogP contribution is 2.40. The fourth-order valence-corrected chi connectivity index (χ4v) is 3.35. The van der Waals surface area contributed by atoms with Crippen LogP contribution in [-0.2, 0) is 0 Å². The fourth-order valence-electron chi connectivity index (χ4n) is 3.18. The number of aromatic nitrogens is 3. The summed E-state index contributed by atoms with van der Waals surface area (Å²) in [6.45, 7) is 0. The predicted molar refractivity (Wildman–Crippen MR) is 104 cm³/mol. The molecule has 3 aromatic rings. The number of aromatic amines is 1. The van der Waals surface area contributed by atoms with E-state index >= 15 is 0 Å². The van der Waals surface area contributed by atoms with Crippen molar-refractivity contribution < 1.29 is 14.2 Å². The van der Waals surface area contributed by atoms with Crippen LogP contribution in [-0.4, -0.2) is 15.9 Å². The number of anilines is 2. The van der Waals surface area contributed by atoms with E-state index in [1.165, 1.54) is 24.4 Å². The van der Waals surface area contributed by atoms with Crippen molar-refractivity contribution in [3.8, 4) is 11.4 Å². The molecule has 28 heavy (non-hydrogen) atoms. The first kappa shape index (κ1) is 18.3. The number of hydrogen-bond acceptors (Lipinski definition) is 4. The van der Waals surface area contributed by atoms with Gasteiger partial charge in [-0.05, 0) is 37.0 Å². The Kier molecular flexibility index (Phi) is 4.92. The molecule has 142 valence electrons. The standard InChI is InChI=1S/C20H17ClFN5O/c21-12-4-5-16(22)13(8-12)19-25-10-14(11-2-1-3-11)20(27-19)26-17-6-7-24-9-15(17)18(23)28/h4-11H,1-3H2,(H2,23,28)(H,24,25,26,27)/p+1.